The number of methoxy groups -OCH3 is 1. The largest absolute Gasteiger partial charge is 0.385 e. The van der Waals surface area contributed by atoms with E-state index in [0.717, 1.165) is 56.6 Å². The predicted molar refractivity (Wildman–Crippen MR) is 88.4 cm³/mol. The second kappa shape index (κ2) is 8.24. The first-order chi connectivity index (χ1) is 11.0. The summed E-state index contributed by atoms with van der Waals surface area (Å²) in [6.07, 6.45) is 4.30. The van der Waals surface area contributed by atoms with Crippen LogP contribution in [-0.4, -0.2) is 47.4 Å². The summed E-state index contributed by atoms with van der Waals surface area (Å²) in [5.41, 5.74) is 1.43. The van der Waals surface area contributed by atoms with Crippen molar-refractivity contribution in [1.82, 2.24) is 14.7 Å². The van der Waals surface area contributed by atoms with Crippen LogP contribution in [0.15, 0.2) is 10.9 Å². The lowest BCUT2D eigenvalue weighted by Gasteiger charge is -2.33. The Hall–Kier alpha value is -1.69. The Kier molecular flexibility index (Phi) is 6.33. The van der Waals surface area contributed by atoms with E-state index in [1.807, 2.05) is 18.7 Å². The zero-order valence-corrected chi connectivity index (χ0v) is 14.4. The second-order valence-electron chi connectivity index (χ2n) is 6.39. The van der Waals surface area contributed by atoms with Crippen LogP contribution < -0.4 is 5.56 Å². The lowest BCUT2D eigenvalue weighted by atomic mass is 9.93. The fraction of sp³-hybridized carbons (Fsp3) is 0.706. The number of ether oxygens (including phenoxy) is 1. The number of carbonyl (C=O) groups excluding carboxylic acids is 1. The monoisotopic (exact) mass is 321 g/mol. The van der Waals surface area contributed by atoms with Gasteiger partial charge in [0, 0.05) is 32.9 Å². The van der Waals surface area contributed by atoms with Crippen molar-refractivity contribution in [2.45, 2.75) is 46.1 Å². The van der Waals surface area contributed by atoms with Crippen LogP contribution in [0.3, 0.4) is 0 Å². The summed E-state index contributed by atoms with van der Waals surface area (Å²) in [6.45, 7) is 6.06. The molecule has 23 heavy (non-hydrogen) atoms. The van der Waals surface area contributed by atoms with Crippen LogP contribution in [-0.2, 0) is 16.1 Å². The van der Waals surface area contributed by atoms with Gasteiger partial charge in [0.1, 0.15) is 6.54 Å². The predicted octanol–water partition coefficient (Wildman–Crippen LogP) is 1.53. The molecule has 1 aromatic heterocycles. The molecule has 0 aromatic carbocycles. The molecule has 6 nitrogen and oxygen atoms in total. The Morgan fingerprint density at radius 2 is 2.22 bits per heavy atom. The lowest BCUT2D eigenvalue weighted by Crippen LogP contribution is -2.43. The summed E-state index contributed by atoms with van der Waals surface area (Å²) in [5.74, 6) is 0.520. The van der Waals surface area contributed by atoms with Crippen molar-refractivity contribution in [1.29, 1.82) is 0 Å². The molecule has 1 amide bonds. The van der Waals surface area contributed by atoms with E-state index >= 15 is 0 Å². The van der Waals surface area contributed by atoms with Crippen molar-refractivity contribution in [2.24, 2.45) is 5.92 Å². The molecule has 0 saturated carbocycles. The van der Waals surface area contributed by atoms with Gasteiger partial charge in [0.15, 0.2) is 0 Å². The Morgan fingerprint density at radius 3 is 2.96 bits per heavy atom. The van der Waals surface area contributed by atoms with E-state index in [4.69, 9.17) is 4.74 Å². The molecular weight excluding hydrogens is 294 g/mol. The summed E-state index contributed by atoms with van der Waals surface area (Å²) in [5, 5.41) is 4.23. The third-order valence-corrected chi connectivity index (χ3v) is 4.55. The molecule has 0 unspecified atom stereocenters. The molecule has 128 valence electrons. The SMILES string of the molecule is COCCC[C@H]1CCCN(C(=O)Cn2nc(C)c(C)cc2=O)C1. The van der Waals surface area contributed by atoms with Gasteiger partial charge < -0.3 is 9.64 Å². The molecule has 1 fully saturated rings. The normalized spacial score (nSPS) is 18.2. The van der Waals surface area contributed by atoms with Crippen molar-refractivity contribution in [2.75, 3.05) is 26.8 Å². The summed E-state index contributed by atoms with van der Waals surface area (Å²) in [7, 11) is 1.71. The fourth-order valence-corrected chi connectivity index (χ4v) is 3.06. The molecule has 1 aromatic rings. The number of amides is 1. The number of piperidine rings is 1. The molecule has 0 N–H and O–H groups in total. The number of hydrogen-bond donors (Lipinski definition) is 0. The van der Waals surface area contributed by atoms with Gasteiger partial charge in [0.05, 0.1) is 5.69 Å². The minimum atomic E-state index is -0.213. The highest BCUT2D eigenvalue weighted by molar-refractivity contribution is 5.76. The Labute approximate surface area is 137 Å². The van der Waals surface area contributed by atoms with E-state index in [9.17, 15) is 9.59 Å². The number of rotatable bonds is 6. The van der Waals surface area contributed by atoms with E-state index in [-0.39, 0.29) is 18.0 Å². The average Bonchev–Trinajstić information content (AvgIpc) is 2.53. The summed E-state index contributed by atoms with van der Waals surface area (Å²) < 4.78 is 6.37. The number of nitrogens with zero attached hydrogens (tertiary/aromatic N) is 3. The van der Waals surface area contributed by atoms with Crippen LogP contribution in [0.2, 0.25) is 0 Å². The van der Waals surface area contributed by atoms with Gasteiger partial charge in [-0.3, -0.25) is 9.59 Å². The Morgan fingerprint density at radius 1 is 1.43 bits per heavy atom. The van der Waals surface area contributed by atoms with Crippen LogP contribution in [0.1, 0.15) is 36.9 Å². The first-order valence-corrected chi connectivity index (χ1v) is 8.33. The molecule has 2 heterocycles. The highest BCUT2D eigenvalue weighted by Gasteiger charge is 2.24. The van der Waals surface area contributed by atoms with Gasteiger partial charge in [-0.05, 0) is 51.0 Å². The maximum Gasteiger partial charge on any atom is 0.267 e. The number of hydrogen-bond acceptors (Lipinski definition) is 4. The van der Waals surface area contributed by atoms with Crippen LogP contribution >= 0.6 is 0 Å². The van der Waals surface area contributed by atoms with Crippen molar-refractivity contribution in [3.8, 4) is 0 Å². The molecule has 1 saturated heterocycles. The molecule has 1 aliphatic rings. The first-order valence-electron chi connectivity index (χ1n) is 8.33. The topological polar surface area (TPSA) is 64.4 Å². The molecule has 6 heteroatoms. The number of carbonyl (C=O) groups is 1. The van der Waals surface area contributed by atoms with Gasteiger partial charge >= 0.3 is 0 Å². The molecule has 0 aliphatic carbocycles. The van der Waals surface area contributed by atoms with Gasteiger partial charge in [0.2, 0.25) is 5.91 Å². The zero-order chi connectivity index (χ0) is 16.8. The minimum absolute atomic E-state index is 0.0145. The van der Waals surface area contributed by atoms with E-state index < -0.39 is 0 Å². The van der Waals surface area contributed by atoms with E-state index in [0.29, 0.717) is 5.92 Å². The maximum absolute atomic E-state index is 12.5. The van der Waals surface area contributed by atoms with E-state index in [1.165, 1.54) is 4.68 Å². The summed E-state index contributed by atoms with van der Waals surface area (Å²) in [4.78, 5) is 26.3. The number of aromatic nitrogens is 2. The van der Waals surface area contributed by atoms with Crippen LogP contribution in [0.5, 0.6) is 0 Å². The van der Waals surface area contributed by atoms with E-state index in [1.54, 1.807) is 13.2 Å². The number of likely N-dealkylation sites (tertiary alicyclic amines) is 1. The van der Waals surface area contributed by atoms with Gasteiger partial charge in [-0.1, -0.05) is 0 Å². The Balaban J connectivity index is 1.95. The maximum atomic E-state index is 12.5. The zero-order valence-electron chi connectivity index (χ0n) is 14.4. The summed E-state index contributed by atoms with van der Waals surface area (Å²) in [6, 6.07) is 1.54. The van der Waals surface area contributed by atoms with E-state index in [2.05, 4.69) is 5.10 Å². The fourth-order valence-electron chi connectivity index (χ4n) is 3.06. The average molecular weight is 321 g/mol. The molecule has 0 bridgehead atoms. The van der Waals surface area contributed by atoms with Crippen molar-refractivity contribution < 1.29 is 9.53 Å². The Bertz CT molecular complexity index is 597. The molecule has 0 spiro atoms. The quantitative estimate of drug-likeness (QED) is 0.745. The van der Waals surface area contributed by atoms with Crippen molar-refractivity contribution in [3.05, 3.63) is 27.7 Å². The van der Waals surface area contributed by atoms with Crippen molar-refractivity contribution >= 4 is 5.91 Å². The van der Waals surface area contributed by atoms with Crippen LogP contribution in [0.4, 0.5) is 0 Å². The minimum Gasteiger partial charge on any atom is -0.385 e. The van der Waals surface area contributed by atoms with Gasteiger partial charge in [-0.15, -0.1) is 0 Å². The van der Waals surface area contributed by atoms with Crippen LogP contribution in [0.25, 0.3) is 0 Å². The highest BCUT2D eigenvalue weighted by atomic mass is 16.5. The third kappa shape index (κ3) is 4.89. The molecule has 1 atom stereocenters. The second-order valence-corrected chi connectivity index (χ2v) is 6.39. The van der Waals surface area contributed by atoms with Crippen molar-refractivity contribution in [3.63, 3.8) is 0 Å². The summed E-state index contributed by atoms with van der Waals surface area (Å²) >= 11 is 0. The van der Waals surface area contributed by atoms with Crippen LogP contribution in [0, 0.1) is 19.8 Å². The molecule has 1 aliphatic heterocycles. The smallest absolute Gasteiger partial charge is 0.267 e. The molecule has 0 radical (unpaired) electrons. The third-order valence-electron chi connectivity index (χ3n) is 4.55. The first kappa shape index (κ1) is 17.7. The van der Waals surface area contributed by atoms with Gasteiger partial charge in [-0.2, -0.15) is 5.10 Å². The molecular formula is C17H27N3O3. The standard InChI is InChI=1S/C17H27N3O3/c1-13-10-16(21)20(18-14(13)2)12-17(22)19-8-4-6-15(11-19)7-5-9-23-3/h10,15H,4-9,11-12H2,1-3H3/t15-/m1/s1. The number of aryl methyl sites for hydroxylation is 2. The lowest BCUT2D eigenvalue weighted by molar-refractivity contribution is -0.134. The van der Waals surface area contributed by atoms with Gasteiger partial charge in [-0.25, -0.2) is 4.68 Å². The van der Waals surface area contributed by atoms with Gasteiger partial charge in [0.25, 0.3) is 5.56 Å². The molecule has 2 rings (SSSR count). The highest BCUT2D eigenvalue weighted by Crippen LogP contribution is 2.21.